The van der Waals surface area contributed by atoms with Crippen LogP contribution in [0.5, 0.6) is 5.75 Å². The van der Waals surface area contributed by atoms with Crippen LogP contribution in [-0.2, 0) is 11.2 Å². The molecule has 6 heteroatoms. The highest BCUT2D eigenvalue weighted by atomic mass is 16.5. The van der Waals surface area contributed by atoms with Gasteiger partial charge in [0, 0.05) is 43.7 Å². The van der Waals surface area contributed by atoms with Gasteiger partial charge in [0.1, 0.15) is 11.9 Å². The summed E-state index contributed by atoms with van der Waals surface area (Å²) in [6, 6.07) is 15.9. The zero-order chi connectivity index (χ0) is 26.3. The summed E-state index contributed by atoms with van der Waals surface area (Å²) in [5.41, 5.74) is 2.93. The van der Waals surface area contributed by atoms with Crippen molar-refractivity contribution in [2.45, 2.75) is 82.8 Å². The van der Waals surface area contributed by atoms with Gasteiger partial charge in [0.25, 0.3) is 5.91 Å². The molecule has 1 N–H and O–H groups in total. The molecule has 1 aliphatic heterocycles. The van der Waals surface area contributed by atoms with E-state index in [0.717, 1.165) is 82.8 Å². The lowest BCUT2D eigenvalue weighted by atomic mass is 9.90. The number of H-pyrrole nitrogens is 1. The Morgan fingerprint density at radius 2 is 1.66 bits per heavy atom. The number of hydrogen-bond acceptors (Lipinski definition) is 3. The average molecular weight is 516 g/mol. The molecule has 0 unspecified atom stereocenters. The molecule has 2 aliphatic rings. The van der Waals surface area contributed by atoms with Crippen LogP contribution in [0.3, 0.4) is 0 Å². The number of nitrogens with zero attached hydrogens (tertiary/aromatic N) is 2. The molecule has 38 heavy (non-hydrogen) atoms. The third-order valence-electron chi connectivity index (χ3n) is 8.31. The summed E-state index contributed by atoms with van der Waals surface area (Å²) < 4.78 is 6.64. The summed E-state index contributed by atoms with van der Waals surface area (Å²) in [6.45, 7) is 1.52. The SMILES string of the molecule is CN1CCCCCCCN(C(=O)CCc2c[nH]c3ccccc23)[C@@H]2CCCC[C@@H]2Oc2ccccc2C1=O. The Morgan fingerprint density at radius 3 is 2.55 bits per heavy atom. The summed E-state index contributed by atoms with van der Waals surface area (Å²) in [5, 5.41) is 1.20. The van der Waals surface area contributed by atoms with E-state index in [1.54, 1.807) is 0 Å². The summed E-state index contributed by atoms with van der Waals surface area (Å²) in [5.74, 6) is 0.862. The Labute approximate surface area is 226 Å². The first-order valence-corrected chi connectivity index (χ1v) is 14.5. The summed E-state index contributed by atoms with van der Waals surface area (Å²) in [4.78, 5) is 34.4. The molecule has 3 aromatic rings. The van der Waals surface area contributed by atoms with E-state index < -0.39 is 0 Å². The lowest BCUT2D eigenvalue weighted by molar-refractivity contribution is -0.136. The molecule has 6 nitrogen and oxygen atoms in total. The van der Waals surface area contributed by atoms with Crippen molar-refractivity contribution in [2.75, 3.05) is 20.1 Å². The fourth-order valence-electron chi connectivity index (χ4n) is 6.15. The molecule has 0 bridgehead atoms. The van der Waals surface area contributed by atoms with Crippen LogP contribution in [0.15, 0.2) is 54.7 Å². The van der Waals surface area contributed by atoms with Crippen LogP contribution >= 0.6 is 0 Å². The number of carbonyl (C=O) groups excluding carboxylic acids is 2. The molecular formula is C32H41N3O3. The molecule has 1 fully saturated rings. The normalized spacial score (nSPS) is 21.7. The minimum Gasteiger partial charge on any atom is -0.487 e. The Hall–Kier alpha value is -3.28. The zero-order valence-corrected chi connectivity index (χ0v) is 22.7. The molecule has 0 radical (unpaired) electrons. The summed E-state index contributed by atoms with van der Waals surface area (Å²) in [7, 11) is 1.88. The molecule has 1 aromatic heterocycles. The topological polar surface area (TPSA) is 65.6 Å². The number of fused-ring (bicyclic) bond motifs is 3. The number of nitrogens with one attached hydrogen (secondary N) is 1. The molecule has 2 heterocycles. The second kappa shape index (κ2) is 12.5. The fraction of sp³-hybridized carbons (Fsp3) is 0.500. The Balaban J connectivity index is 1.38. The number of para-hydroxylation sites is 2. The first-order valence-electron chi connectivity index (χ1n) is 14.5. The van der Waals surface area contributed by atoms with Gasteiger partial charge in [-0.25, -0.2) is 0 Å². The molecule has 5 rings (SSSR count). The third kappa shape index (κ3) is 6.06. The first-order chi connectivity index (χ1) is 18.6. The van der Waals surface area contributed by atoms with E-state index in [4.69, 9.17) is 4.74 Å². The molecule has 2 atom stereocenters. The molecule has 0 spiro atoms. The van der Waals surface area contributed by atoms with Crippen LogP contribution in [0.2, 0.25) is 0 Å². The van der Waals surface area contributed by atoms with Crippen molar-refractivity contribution in [3.8, 4) is 5.75 Å². The summed E-state index contributed by atoms with van der Waals surface area (Å²) >= 11 is 0. The number of rotatable bonds is 3. The highest BCUT2D eigenvalue weighted by Crippen LogP contribution is 2.31. The lowest BCUT2D eigenvalue weighted by Crippen LogP contribution is -2.51. The van der Waals surface area contributed by atoms with Crippen molar-refractivity contribution in [1.82, 2.24) is 14.8 Å². The van der Waals surface area contributed by atoms with Gasteiger partial charge in [-0.2, -0.15) is 0 Å². The smallest absolute Gasteiger partial charge is 0.257 e. The predicted octanol–water partition coefficient (Wildman–Crippen LogP) is 6.36. The number of aromatic amines is 1. The molecule has 1 saturated carbocycles. The number of hydrogen-bond donors (Lipinski definition) is 1. The number of ether oxygens (including phenoxy) is 1. The minimum absolute atomic E-state index is 0.00879. The van der Waals surface area contributed by atoms with E-state index in [1.807, 2.05) is 48.5 Å². The van der Waals surface area contributed by atoms with Gasteiger partial charge in [-0.15, -0.1) is 0 Å². The molecular weight excluding hydrogens is 474 g/mol. The van der Waals surface area contributed by atoms with Crippen LogP contribution in [0.1, 0.15) is 80.1 Å². The molecule has 2 aromatic carbocycles. The van der Waals surface area contributed by atoms with Gasteiger partial charge in [0.2, 0.25) is 5.91 Å². The van der Waals surface area contributed by atoms with Gasteiger partial charge in [0.15, 0.2) is 0 Å². The van der Waals surface area contributed by atoms with Crippen LogP contribution in [0, 0.1) is 0 Å². The highest BCUT2D eigenvalue weighted by Gasteiger charge is 2.35. The van der Waals surface area contributed by atoms with E-state index in [9.17, 15) is 9.59 Å². The van der Waals surface area contributed by atoms with Crippen molar-refractivity contribution in [3.05, 3.63) is 65.9 Å². The van der Waals surface area contributed by atoms with Gasteiger partial charge in [-0.3, -0.25) is 9.59 Å². The first kappa shape index (κ1) is 26.3. The van der Waals surface area contributed by atoms with Crippen LogP contribution in [0.4, 0.5) is 0 Å². The van der Waals surface area contributed by atoms with Gasteiger partial charge in [-0.05, 0) is 62.3 Å². The van der Waals surface area contributed by atoms with Crippen molar-refractivity contribution < 1.29 is 14.3 Å². The number of amides is 2. The van der Waals surface area contributed by atoms with Crippen LogP contribution < -0.4 is 4.74 Å². The van der Waals surface area contributed by atoms with Gasteiger partial charge < -0.3 is 19.5 Å². The Bertz CT molecular complexity index is 1240. The van der Waals surface area contributed by atoms with E-state index in [1.165, 1.54) is 10.9 Å². The lowest BCUT2D eigenvalue weighted by Gasteiger charge is -2.40. The molecule has 2 amide bonds. The maximum atomic E-state index is 13.8. The fourth-order valence-corrected chi connectivity index (χ4v) is 6.15. The quantitative estimate of drug-likeness (QED) is 0.442. The maximum Gasteiger partial charge on any atom is 0.257 e. The highest BCUT2D eigenvalue weighted by molar-refractivity contribution is 5.96. The van der Waals surface area contributed by atoms with Crippen molar-refractivity contribution >= 4 is 22.7 Å². The monoisotopic (exact) mass is 515 g/mol. The van der Waals surface area contributed by atoms with Crippen LogP contribution in [-0.4, -0.2) is 58.9 Å². The van der Waals surface area contributed by atoms with Crippen molar-refractivity contribution in [2.24, 2.45) is 0 Å². The standard InChI is InChI=1S/C32H41N3O3/c1-34-21-11-3-2-4-12-22-35(31(36)20-19-24-23-33-27-15-7-5-13-25(24)27)28-16-8-10-18-30(28)38-29-17-9-6-14-26(29)32(34)37/h5-7,9,13-15,17,23,28,30,33H,2-4,8,10-12,16,18-22H2,1H3/t28-,30+/m1/s1. The van der Waals surface area contributed by atoms with E-state index in [2.05, 4.69) is 28.1 Å². The second-order valence-electron chi connectivity index (χ2n) is 10.9. The Morgan fingerprint density at radius 1 is 0.921 bits per heavy atom. The van der Waals surface area contributed by atoms with E-state index >= 15 is 0 Å². The largest absolute Gasteiger partial charge is 0.487 e. The van der Waals surface area contributed by atoms with Crippen molar-refractivity contribution in [3.63, 3.8) is 0 Å². The number of aryl methyl sites for hydroxylation is 1. The summed E-state index contributed by atoms with van der Waals surface area (Å²) in [6.07, 6.45) is 12.5. The number of benzene rings is 2. The molecule has 1 aliphatic carbocycles. The second-order valence-corrected chi connectivity index (χ2v) is 10.9. The molecule has 202 valence electrons. The third-order valence-corrected chi connectivity index (χ3v) is 8.31. The van der Waals surface area contributed by atoms with Gasteiger partial charge in [-0.1, -0.05) is 56.0 Å². The van der Waals surface area contributed by atoms with Gasteiger partial charge in [0.05, 0.1) is 11.6 Å². The minimum atomic E-state index is -0.106. The van der Waals surface area contributed by atoms with Crippen molar-refractivity contribution in [1.29, 1.82) is 0 Å². The average Bonchev–Trinajstić information content (AvgIpc) is 3.36. The van der Waals surface area contributed by atoms with Crippen LogP contribution in [0.25, 0.3) is 10.9 Å². The van der Waals surface area contributed by atoms with Gasteiger partial charge >= 0.3 is 0 Å². The van der Waals surface area contributed by atoms with E-state index in [0.29, 0.717) is 17.7 Å². The number of aromatic nitrogens is 1. The molecule has 0 saturated heterocycles. The number of carbonyl (C=O) groups is 2. The predicted molar refractivity (Wildman–Crippen MR) is 151 cm³/mol. The maximum absolute atomic E-state index is 13.8. The zero-order valence-electron chi connectivity index (χ0n) is 22.7. The Kier molecular flexibility index (Phi) is 8.67. The van der Waals surface area contributed by atoms with E-state index in [-0.39, 0.29) is 24.0 Å².